The predicted octanol–water partition coefficient (Wildman–Crippen LogP) is 2.74. The Morgan fingerprint density at radius 3 is 1.89 bits per heavy atom. The van der Waals surface area contributed by atoms with E-state index in [2.05, 4.69) is 0 Å². The molecule has 0 atom stereocenters. The Labute approximate surface area is 106 Å². The second-order valence-electron chi connectivity index (χ2n) is 4.07. The molecule has 18 heavy (non-hydrogen) atoms. The molecule has 0 aliphatic heterocycles. The molecule has 0 amide bonds. The van der Waals surface area contributed by atoms with Crippen LogP contribution in [-0.2, 0) is 0 Å². The van der Waals surface area contributed by atoms with E-state index in [9.17, 15) is 5.11 Å². The first-order valence-electron chi connectivity index (χ1n) is 5.49. The van der Waals surface area contributed by atoms with Crippen LogP contribution >= 0.6 is 0 Å². The van der Waals surface area contributed by atoms with Gasteiger partial charge < -0.3 is 10.8 Å². The lowest BCUT2D eigenvalue weighted by Crippen LogP contribution is -2.06. The fourth-order valence-corrected chi connectivity index (χ4v) is 1.48. The number of aromatic hydroxyl groups is 1. The first kappa shape index (κ1) is 13.7. The third-order valence-corrected chi connectivity index (χ3v) is 2.40. The largest absolute Gasteiger partial charge is 0.506 e. The van der Waals surface area contributed by atoms with Crippen molar-refractivity contribution in [3.05, 3.63) is 47.6 Å². The van der Waals surface area contributed by atoms with Gasteiger partial charge in [0.05, 0.1) is 17.1 Å². The lowest BCUT2D eigenvalue weighted by Gasteiger charge is -2.02. The molecular formula is C14H17N3O. The average Bonchev–Trinajstić information content (AvgIpc) is 2.31. The SMILES string of the molecule is Cc1cc(C)c(O)c(N)c1.N=C1C=CC=CC1=N. The van der Waals surface area contributed by atoms with E-state index in [0.717, 1.165) is 11.1 Å². The number of anilines is 1. The number of hydrogen-bond acceptors (Lipinski definition) is 4. The van der Waals surface area contributed by atoms with Crippen LogP contribution in [0.5, 0.6) is 5.75 Å². The normalized spacial score (nSPS) is 13.2. The summed E-state index contributed by atoms with van der Waals surface area (Å²) < 4.78 is 0. The van der Waals surface area contributed by atoms with Gasteiger partial charge in [0.15, 0.2) is 0 Å². The van der Waals surface area contributed by atoms with Crippen LogP contribution in [0.4, 0.5) is 5.69 Å². The number of nitrogen functional groups attached to an aromatic ring is 1. The standard InChI is InChI=1S/C8H11NO.C6H6N2/c1-5-3-6(2)8(10)7(9)4-5;7-5-3-1-2-4-6(5)8/h3-4,10H,9H2,1-2H3;1-4,7-8H. The Kier molecular flexibility index (Phi) is 4.43. The summed E-state index contributed by atoms with van der Waals surface area (Å²) in [5.74, 6) is 0.200. The molecule has 1 aliphatic carbocycles. The first-order chi connectivity index (χ1) is 8.41. The molecule has 1 aliphatic rings. The Bertz CT molecular complexity index is 497. The molecule has 0 fully saturated rings. The molecule has 0 saturated heterocycles. The van der Waals surface area contributed by atoms with Gasteiger partial charge in [0.25, 0.3) is 0 Å². The van der Waals surface area contributed by atoms with Crippen molar-refractivity contribution < 1.29 is 5.11 Å². The van der Waals surface area contributed by atoms with Crippen molar-refractivity contribution in [2.75, 3.05) is 5.73 Å². The minimum absolute atomic E-state index is 0.200. The summed E-state index contributed by atoms with van der Waals surface area (Å²) >= 11 is 0. The molecule has 0 bridgehead atoms. The highest BCUT2D eigenvalue weighted by Gasteiger charge is 1.99. The van der Waals surface area contributed by atoms with E-state index in [1.807, 2.05) is 19.9 Å². The lowest BCUT2D eigenvalue weighted by molar-refractivity contribution is 0.473. The second-order valence-corrected chi connectivity index (χ2v) is 4.07. The van der Waals surface area contributed by atoms with Crippen LogP contribution in [-0.4, -0.2) is 16.5 Å². The zero-order valence-electron chi connectivity index (χ0n) is 10.5. The van der Waals surface area contributed by atoms with Gasteiger partial charge in [0, 0.05) is 0 Å². The average molecular weight is 243 g/mol. The highest BCUT2D eigenvalue weighted by Crippen LogP contribution is 2.25. The highest BCUT2D eigenvalue weighted by atomic mass is 16.3. The van der Waals surface area contributed by atoms with E-state index < -0.39 is 0 Å². The fourth-order valence-electron chi connectivity index (χ4n) is 1.48. The molecule has 2 rings (SSSR count). The van der Waals surface area contributed by atoms with Crippen LogP contribution in [0.1, 0.15) is 11.1 Å². The van der Waals surface area contributed by atoms with Gasteiger partial charge in [-0.1, -0.05) is 18.2 Å². The molecule has 1 aromatic rings. The molecule has 94 valence electrons. The third kappa shape index (κ3) is 3.59. The monoisotopic (exact) mass is 243 g/mol. The van der Waals surface area contributed by atoms with Gasteiger partial charge in [0.2, 0.25) is 0 Å². The van der Waals surface area contributed by atoms with Crippen molar-refractivity contribution in [1.82, 2.24) is 0 Å². The van der Waals surface area contributed by atoms with Crippen molar-refractivity contribution in [2.24, 2.45) is 0 Å². The Morgan fingerprint density at radius 2 is 1.50 bits per heavy atom. The third-order valence-electron chi connectivity index (χ3n) is 2.40. The molecule has 0 spiro atoms. The number of benzene rings is 1. The molecule has 5 N–H and O–H groups in total. The summed E-state index contributed by atoms with van der Waals surface area (Å²) in [4.78, 5) is 0. The molecule has 0 unspecified atom stereocenters. The van der Waals surface area contributed by atoms with Crippen LogP contribution in [0.3, 0.4) is 0 Å². The van der Waals surface area contributed by atoms with Gasteiger partial charge in [-0.2, -0.15) is 0 Å². The Morgan fingerprint density at radius 1 is 1.00 bits per heavy atom. The van der Waals surface area contributed by atoms with Gasteiger partial charge in [-0.15, -0.1) is 0 Å². The smallest absolute Gasteiger partial charge is 0.141 e. The van der Waals surface area contributed by atoms with Gasteiger partial charge in [0.1, 0.15) is 5.75 Å². The minimum Gasteiger partial charge on any atom is -0.506 e. The summed E-state index contributed by atoms with van der Waals surface area (Å²) in [7, 11) is 0. The summed E-state index contributed by atoms with van der Waals surface area (Å²) in [6, 6.07) is 3.65. The Balaban J connectivity index is 0.000000184. The zero-order valence-corrected chi connectivity index (χ0v) is 10.5. The Hall–Kier alpha value is -2.36. The van der Waals surface area contributed by atoms with Gasteiger partial charge in [-0.3, -0.25) is 10.8 Å². The topological polar surface area (TPSA) is 93.9 Å². The maximum atomic E-state index is 9.21. The van der Waals surface area contributed by atoms with Crippen molar-refractivity contribution in [2.45, 2.75) is 13.8 Å². The van der Waals surface area contributed by atoms with Gasteiger partial charge >= 0.3 is 0 Å². The second kappa shape index (κ2) is 5.82. The summed E-state index contributed by atoms with van der Waals surface area (Å²) in [5.41, 5.74) is 8.40. The number of nitrogens with one attached hydrogen (secondary N) is 2. The number of phenols is 1. The van der Waals surface area contributed by atoms with Crippen LogP contribution < -0.4 is 5.73 Å². The summed E-state index contributed by atoms with van der Waals surface area (Å²) in [6.45, 7) is 3.78. The van der Waals surface area contributed by atoms with Crippen LogP contribution in [0, 0.1) is 24.7 Å². The van der Waals surface area contributed by atoms with E-state index in [-0.39, 0.29) is 17.2 Å². The number of aryl methyl sites for hydroxylation is 2. The van der Waals surface area contributed by atoms with Crippen LogP contribution in [0.25, 0.3) is 0 Å². The van der Waals surface area contributed by atoms with Crippen molar-refractivity contribution >= 4 is 17.1 Å². The fraction of sp³-hybridized carbons (Fsp3) is 0.143. The van der Waals surface area contributed by atoms with E-state index in [1.54, 1.807) is 30.4 Å². The zero-order chi connectivity index (χ0) is 13.7. The van der Waals surface area contributed by atoms with Crippen LogP contribution in [0.15, 0.2) is 36.4 Å². The molecule has 0 heterocycles. The van der Waals surface area contributed by atoms with Crippen molar-refractivity contribution in [3.8, 4) is 5.75 Å². The van der Waals surface area contributed by atoms with Crippen molar-refractivity contribution in [1.29, 1.82) is 10.8 Å². The summed E-state index contributed by atoms with van der Waals surface area (Å²) in [5, 5.41) is 23.3. The quantitative estimate of drug-likeness (QED) is 0.320. The molecule has 4 nitrogen and oxygen atoms in total. The number of rotatable bonds is 0. The maximum absolute atomic E-state index is 9.21. The van der Waals surface area contributed by atoms with Gasteiger partial charge in [-0.05, 0) is 43.2 Å². The number of nitrogens with two attached hydrogens (primary N) is 1. The van der Waals surface area contributed by atoms with E-state index in [1.165, 1.54) is 0 Å². The molecule has 0 radical (unpaired) electrons. The molecule has 0 aromatic heterocycles. The predicted molar refractivity (Wildman–Crippen MR) is 75.7 cm³/mol. The van der Waals surface area contributed by atoms with E-state index >= 15 is 0 Å². The van der Waals surface area contributed by atoms with E-state index in [0.29, 0.717) is 5.69 Å². The number of allylic oxidation sites excluding steroid dienone is 4. The maximum Gasteiger partial charge on any atom is 0.141 e. The minimum atomic E-state index is 0.200. The number of phenolic OH excluding ortho intramolecular Hbond substituents is 1. The summed E-state index contributed by atoms with van der Waals surface area (Å²) in [6.07, 6.45) is 6.70. The highest BCUT2D eigenvalue weighted by molar-refractivity contribution is 6.48. The molecule has 1 aromatic carbocycles. The molecule has 4 heteroatoms. The van der Waals surface area contributed by atoms with Gasteiger partial charge in [-0.25, -0.2) is 0 Å². The van der Waals surface area contributed by atoms with Crippen molar-refractivity contribution in [3.63, 3.8) is 0 Å². The van der Waals surface area contributed by atoms with Crippen LogP contribution in [0.2, 0.25) is 0 Å². The van der Waals surface area contributed by atoms with E-state index in [4.69, 9.17) is 16.6 Å². The lowest BCUT2D eigenvalue weighted by atomic mass is 10.1. The molecular weight excluding hydrogens is 226 g/mol. The first-order valence-corrected chi connectivity index (χ1v) is 5.49. The molecule has 0 saturated carbocycles. The number of hydrogen-bond donors (Lipinski definition) is 4.